The quantitative estimate of drug-likeness (QED) is 0.846. The predicted molar refractivity (Wildman–Crippen MR) is 98.2 cm³/mol. The first-order valence-corrected chi connectivity index (χ1v) is 9.52. The number of ether oxygens (including phenoxy) is 1. The van der Waals surface area contributed by atoms with Crippen molar-refractivity contribution in [1.82, 2.24) is 9.80 Å². The second kappa shape index (κ2) is 8.88. The number of para-hydroxylation sites is 1. The zero-order chi connectivity index (χ0) is 19.2. The van der Waals surface area contributed by atoms with E-state index in [1.807, 2.05) is 18.2 Å². The molecule has 2 aliphatic heterocycles. The fraction of sp³-hybridized carbons (Fsp3) is 0.550. The van der Waals surface area contributed by atoms with Crippen molar-refractivity contribution in [2.75, 3.05) is 32.8 Å². The fourth-order valence-corrected chi connectivity index (χ4v) is 3.77. The Bertz CT molecular complexity index is 670. The molecule has 2 aliphatic rings. The highest BCUT2D eigenvalue weighted by molar-refractivity contribution is 5.81. The number of rotatable bonds is 5. The van der Waals surface area contributed by atoms with Crippen LogP contribution in [0.25, 0.3) is 0 Å². The molecular formula is C20H26N2O5. The summed E-state index contributed by atoms with van der Waals surface area (Å²) in [6.07, 6.45) is 2.60. The lowest BCUT2D eigenvalue weighted by atomic mass is 9.92. The van der Waals surface area contributed by atoms with Crippen LogP contribution >= 0.6 is 0 Å². The van der Waals surface area contributed by atoms with Crippen molar-refractivity contribution < 1.29 is 24.2 Å². The number of hydrogen-bond acceptors (Lipinski definition) is 4. The third-order valence-electron chi connectivity index (χ3n) is 5.38. The van der Waals surface area contributed by atoms with E-state index in [0.717, 1.165) is 6.42 Å². The molecule has 7 nitrogen and oxygen atoms in total. The standard InChI is InChI=1S/C20H26N2O5/c23-18(14-27-17-6-2-1-3-7-17)21-11-8-15(9-12-21)19(24)22-10-4-5-16(13-22)20(25)26/h1-3,6-7,15-16H,4-5,8-14H2,(H,25,26)/t16-/m0/s1. The van der Waals surface area contributed by atoms with Gasteiger partial charge in [-0.25, -0.2) is 0 Å². The summed E-state index contributed by atoms with van der Waals surface area (Å²) in [5.41, 5.74) is 0. The molecule has 0 saturated carbocycles. The van der Waals surface area contributed by atoms with E-state index >= 15 is 0 Å². The molecule has 1 N–H and O–H groups in total. The molecule has 2 heterocycles. The number of piperidine rings is 2. The summed E-state index contributed by atoms with van der Waals surface area (Å²) in [5.74, 6) is -0.793. The molecule has 2 amide bonds. The van der Waals surface area contributed by atoms with Crippen LogP contribution in [0.4, 0.5) is 0 Å². The number of hydrogen-bond donors (Lipinski definition) is 1. The Morgan fingerprint density at radius 2 is 1.67 bits per heavy atom. The van der Waals surface area contributed by atoms with Gasteiger partial charge in [0.2, 0.25) is 5.91 Å². The molecule has 27 heavy (non-hydrogen) atoms. The summed E-state index contributed by atoms with van der Waals surface area (Å²) >= 11 is 0. The van der Waals surface area contributed by atoms with Gasteiger partial charge in [-0.1, -0.05) is 18.2 Å². The number of carbonyl (C=O) groups is 3. The summed E-state index contributed by atoms with van der Waals surface area (Å²) in [6, 6.07) is 9.21. The third-order valence-corrected chi connectivity index (χ3v) is 5.38. The maximum absolute atomic E-state index is 12.7. The molecular weight excluding hydrogens is 348 g/mol. The molecule has 1 atom stereocenters. The lowest BCUT2D eigenvalue weighted by Crippen LogP contribution is -2.48. The highest BCUT2D eigenvalue weighted by Gasteiger charge is 2.34. The first-order chi connectivity index (χ1) is 13.0. The van der Waals surface area contributed by atoms with Crippen LogP contribution < -0.4 is 4.74 Å². The van der Waals surface area contributed by atoms with Crippen LogP contribution in [0, 0.1) is 11.8 Å². The van der Waals surface area contributed by atoms with Gasteiger partial charge in [-0.15, -0.1) is 0 Å². The number of carboxylic acids is 1. The lowest BCUT2D eigenvalue weighted by molar-refractivity contribution is -0.148. The number of carboxylic acid groups (broad SMARTS) is 1. The van der Waals surface area contributed by atoms with Crippen molar-refractivity contribution in [2.24, 2.45) is 11.8 Å². The van der Waals surface area contributed by atoms with Crippen LogP contribution in [-0.2, 0) is 14.4 Å². The summed E-state index contributed by atoms with van der Waals surface area (Å²) in [5, 5.41) is 9.18. The Hall–Kier alpha value is -2.57. The van der Waals surface area contributed by atoms with Gasteiger partial charge in [-0.05, 0) is 37.8 Å². The Morgan fingerprint density at radius 1 is 0.963 bits per heavy atom. The monoisotopic (exact) mass is 374 g/mol. The van der Waals surface area contributed by atoms with Gasteiger partial charge in [-0.2, -0.15) is 0 Å². The van der Waals surface area contributed by atoms with Gasteiger partial charge in [-0.3, -0.25) is 14.4 Å². The molecule has 3 rings (SSSR count). The molecule has 0 aliphatic carbocycles. The van der Waals surface area contributed by atoms with E-state index in [2.05, 4.69) is 0 Å². The van der Waals surface area contributed by atoms with E-state index in [9.17, 15) is 19.5 Å². The maximum atomic E-state index is 12.7. The van der Waals surface area contributed by atoms with E-state index in [1.165, 1.54) is 0 Å². The molecule has 1 aromatic rings. The highest BCUT2D eigenvalue weighted by Crippen LogP contribution is 2.24. The molecule has 0 aromatic heterocycles. The van der Waals surface area contributed by atoms with Crippen molar-refractivity contribution in [3.8, 4) is 5.75 Å². The van der Waals surface area contributed by atoms with Gasteiger partial charge in [0.25, 0.3) is 5.91 Å². The average molecular weight is 374 g/mol. The first-order valence-electron chi connectivity index (χ1n) is 9.52. The maximum Gasteiger partial charge on any atom is 0.308 e. The Kier molecular flexibility index (Phi) is 6.32. The fourth-order valence-electron chi connectivity index (χ4n) is 3.77. The van der Waals surface area contributed by atoms with E-state index in [4.69, 9.17) is 4.74 Å². The lowest BCUT2D eigenvalue weighted by Gasteiger charge is -2.37. The molecule has 0 unspecified atom stereocenters. The van der Waals surface area contributed by atoms with Crippen molar-refractivity contribution in [3.63, 3.8) is 0 Å². The Labute approximate surface area is 158 Å². The molecule has 2 fully saturated rings. The summed E-state index contributed by atoms with van der Waals surface area (Å²) in [6.45, 7) is 1.99. The predicted octanol–water partition coefficient (Wildman–Crippen LogP) is 1.63. The number of carbonyl (C=O) groups excluding carboxylic acids is 2. The number of amides is 2. The van der Waals surface area contributed by atoms with Gasteiger partial charge < -0.3 is 19.6 Å². The SMILES string of the molecule is O=C(O)[C@H]1CCCN(C(=O)C2CCN(C(=O)COc3ccccc3)CC2)C1. The van der Waals surface area contributed by atoms with Gasteiger partial charge in [0.05, 0.1) is 5.92 Å². The van der Waals surface area contributed by atoms with Crippen molar-refractivity contribution >= 4 is 17.8 Å². The second-order valence-electron chi connectivity index (χ2n) is 7.22. The van der Waals surface area contributed by atoms with Gasteiger partial charge in [0.15, 0.2) is 6.61 Å². The molecule has 7 heteroatoms. The van der Waals surface area contributed by atoms with Crippen LogP contribution in [0.1, 0.15) is 25.7 Å². The van der Waals surface area contributed by atoms with E-state index in [1.54, 1.807) is 21.9 Å². The second-order valence-corrected chi connectivity index (χ2v) is 7.22. The van der Waals surface area contributed by atoms with Crippen LogP contribution in [0.15, 0.2) is 30.3 Å². The minimum atomic E-state index is -0.827. The van der Waals surface area contributed by atoms with Gasteiger partial charge >= 0.3 is 5.97 Å². The first kappa shape index (κ1) is 19.2. The van der Waals surface area contributed by atoms with Crippen LogP contribution in [-0.4, -0.2) is 65.5 Å². The van der Waals surface area contributed by atoms with E-state index < -0.39 is 11.9 Å². The summed E-state index contributed by atoms with van der Waals surface area (Å²) in [7, 11) is 0. The molecule has 2 saturated heterocycles. The number of benzene rings is 1. The Balaban J connectivity index is 1.44. The number of aliphatic carboxylic acids is 1. The minimum absolute atomic E-state index is 0.00492. The van der Waals surface area contributed by atoms with E-state index in [-0.39, 0.29) is 24.3 Å². The van der Waals surface area contributed by atoms with Gasteiger partial charge in [0.1, 0.15) is 5.75 Å². The zero-order valence-corrected chi connectivity index (χ0v) is 15.4. The van der Waals surface area contributed by atoms with Crippen LogP contribution in [0.3, 0.4) is 0 Å². The molecule has 0 spiro atoms. The van der Waals surface area contributed by atoms with Crippen LogP contribution in [0.5, 0.6) is 5.75 Å². The largest absolute Gasteiger partial charge is 0.484 e. The molecule has 0 bridgehead atoms. The number of likely N-dealkylation sites (tertiary alicyclic amines) is 2. The number of nitrogens with zero attached hydrogens (tertiary/aromatic N) is 2. The van der Waals surface area contributed by atoms with Crippen molar-refractivity contribution in [2.45, 2.75) is 25.7 Å². The van der Waals surface area contributed by atoms with Crippen molar-refractivity contribution in [1.29, 1.82) is 0 Å². The van der Waals surface area contributed by atoms with Crippen molar-refractivity contribution in [3.05, 3.63) is 30.3 Å². The Morgan fingerprint density at radius 3 is 2.33 bits per heavy atom. The van der Waals surface area contributed by atoms with Gasteiger partial charge in [0, 0.05) is 32.1 Å². The molecule has 0 radical (unpaired) electrons. The molecule has 1 aromatic carbocycles. The highest BCUT2D eigenvalue weighted by atomic mass is 16.5. The summed E-state index contributed by atoms with van der Waals surface area (Å²) in [4.78, 5) is 39.6. The topological polar surface area (TPSA) is 87.2 Å². The zero-order valence-electron chi connectivity index (χ0n) is 15.4. The van der Waals surface area contributed by atoms with E-state index in [0.29, 0.717) is 51.2 Å². The third kappa shape index (κ3) is 4.99. The minimum Gasteiger partial charge on any atom is -0.484 e. The smallest absolute Gasteiger partial charge is 0.308 e. The average Bonchev–Trinajstić information content (AvgIpc) is 2.72. The normalized spacial score (nSPS) is 21.0. The molecule has 146 valence electrons. The summed E-state index contributed by atoms with van der Waals surface area (Å²) < 4.78 is 5.50. The van der Waals surface area contributed by atoms with Crippen LogP contribution in [0.2, 0.25) is 0 Å².